The number of nitrogens with one attached hydrogen (secondary N) is 2. The summed E-state index contributed by atoms with van der Waals surface area (Å²) >= 11 is 0. The van der Waals surface area contributed by atoms with Gasteiger partial charge in [-0.1, -0.05) is 0 Å². The van der Waals surface area contributed by atoms with E-state index in [1.807, 2.05) is 26.0 Å². The molecule has 8 heteroatoms. The van der Waals surface area contributed by atoms with Gasteiger partial charge >= 0.3 is 0 Å². The first-order valence-electron chi connectivity index (χ1n) is 8.95. The number of fused-ring (bicyclic) bond motifs is 1. The van der Waals surface area contributed by atoms with Crippen LogP contribution < -0.4 is 15.2 Å². The lowest BCUT2D eigenvalue weighted by Gasteiger charge is -2.11. The molecule has 1 aliphatic rings. The highest BCUT2D eigenvalue weighted by atomic mass is 15.2. The van der Waals surface area contributed by atoms with Crippen molar-refractivity contribution in [3.63, 3.8) is 0 Å². The van der Waals surface area contributed by atoms with Crippen LogP contribution in [0.4, 0.5) is 23.3 Å². The average molecular weight is 381 g/mol. The maximum Gasteiger partial charge on any atom is 0.232 e. The van der Waals surface area contributed by atoms with E-state index < -0.39 is 0 Å². The molecule has 0 bridgehead atoms. The van der Waals surface area contributed by atoms with Gasteiger partial charge in [0.05, 0.1) is 11.6 Å². The Bertz CT molecular complexity index is 1210. The second-order valence-electron chi connectivity index (χ2n) is 6.65. The molecule has 0 fully saturated rings. The highest BCUT2D eigenvalue weighted by molar-refractivity contribution is 5.64. The molecule has 140 valence electrons. The number of aromatic nitrogens is 4. The fourth-order valence-electron chi connectivity index (χ4n) is 3.25. The Labute approximate surface area is 167 Å². The van der Waals surface area contributed by atoms with Crippen LogP contribution in [0.5, 0.6) is 0 Å². The fraction of sp³-hybridized carbons (Fsp3) is 0.143. The summed E-state index contributed by atoms with van der Waals surface area (Å²) in [5.41, 5.74) is 6.05. The Kier molecular flexibility index (Phi) is 4.60. The lowest BCUT2D eigenvalue weighted by atomic mass is 10.1. The van der Waals surface area contributed by atoms with Gasteiger partial charge in [-0.3, -0.25) is 0 Å². The predicted octanol–water partition coefficient (Wildman–Crippen LogP) is 3.06. The molecule has 4 rings (SSSR count). The molecule has 0 aliphatic carbocycles. The largest absolute Gasteiger partial charge is 0.324 e. The van der Waals surface area contributed by atoms with E-state index in [1.54, 1.807) is 24.3 Å². The molecule has 0 saturated heterocycles. The highest BCUT2D eigenvalue weighted by Gasteiger charge is 2.26. The van der Waals surface area contributed by atoms with Crippen molar-refractivity contribution in [3.8, 4) is 12.1 Å². The quantitative estimate of drug-likeness (QED) is 0.668. The molecule has 3 aromatic rings. The summed E-state index contributed by atoms with van der Waals surface area (Å²) in [4.78, 5) is 12.8. The van der Waals surface area contributed by atoms with Crippen LogP contribution in [0.3, 0.4) is 0 Å². The topological polar surface area (TPSA) is 114 Å². The van der Waals surface area contributed by atoms with Gasteiger partial charge in [-0.05, 0) is 36.8 Å². The van der Waals surface area contributed by atoms with Gasteiger partial charge < -0.3 is 10.6 Å². The Morgan fingerprint density at radius 3 is 2.41 bits per heavy atom. The van der Waals surface area contributed by atoms with Gasteiger partial charge in [0.25, 0.3) is 0 Å². The molecule has 0 radical (unpaired) electrons. The van der Waals surface area contributed by atoms with Crippen LogP contribution in [0.2, 0.25) is 0 Å². The van der Waals surface area contributed by atoms with Crippen LogP contribution in [-0.2, 0) is 6.54 Å². The Hall–Kier alpha value is -4.30. The molecule has 0 spiro atoms. The highest BCUT2D eigenvalue weighted by Crippen LogP contribution is 2.25. The number of rotatable bonds is 4. The second-order valence-corrected chi connectivity index (χ2v) is 6.65. The predicted molar refractivity (Wildman–Crippen MR) is 107 cm³/mol. The molecule has 29 heavy (non-hydrogen) atoms. The molecular weight excluding hydrogens is 364 g/mol. The van der Waals surface area contributed by atoms with Crippen molar-refractivity contribution in [2.75, 3.05) is 10.6 Å². The number of allylic oxidation sites excluding steroid dienone is 1. The van der Waals surface area contributed by atoms with Crippen molar-refractivity contribution in [2.24, 2.45) is 0 Å². The molecule has 2 N–H and O–H groups in total. The van der Waals surface area contributed by atoms with E-state index >= 15 is 0 Å². The lowest BCUT2D eigenvalue weighted by molar-refractivity contribution is -0.690. The van der Waals surface area contributed by atoms with Crippen molar-refractivity contribution >= 4 is 29.3 Å². The van der Waals surface area contributed by atoms with Crippen molar-refractivity contribution in [1.29, 1.82) is 10.5 Å². The molecule has 0 unspecified atom stereocenters. The first-order valence-corrected chi connectivity index (χ1v) is 8.95. The molecule has 0 atom stereocenters. The molecule has 8 nitrogen and oxygen atoms in total. The minimum atomic E-state index is 0.393. The zero-order valence-electron chi connectivity index (χ0n) is 15.9. The average Bonchev–Trinajstić information content (AvgIpc) is 3.15. The van der Waals surface area contributed by atoms with Crippen LogP contribution >= 0.6 is 0 Å². The number of benzene rings is 1. The normalized spacial score (nSPS) is 11.8. The van der Waals surface area contributed by atoms with Crippen LogP contribution in [-0.4, -0.2) is 15.0 Å². The smallest absolute Gasteiger partial charge is 0.232 e. The van der Waals surface area contributed by atoms with Gasteiger partial charge in [-0.2, -0.15) is 20.1 Å². The fourth-order valence-corrected chi connectivity index (χ4v) is 3.25. The number of nitriles is 2. The van der Waals surface area contributed by atoms with Crippen molar-refractivity contribution < 1.29 is 4.57 Å². The monoisotopic (exact) mass is 381 g/mol. The summed E-state index contributed by atoms with van der Waals surface area (Å²) in [6, 6.07) is 13.4. The minimum absolute atomic E-state index is 0.393. The van der Waals surface area contributed by atoms with E-state index in [0.29, 0.717) is 24.0 Å². The van der Waals surface area contributed by atoms with Gasteiger partial charge in [0.1, 0.15) is 23.7 Å². The summed E-state index contributed by atoms with van der Waals surface area (Å²) in [6.45, 7) is 4.57. The number of anilines is 4. The minimum Gasteiger partial charge on any atom is -0.324 e. The van der Waals surface area contributed by atoms with Gasteiger partial charge in [0, 0.05) is 24.8 Å². The van der Waals surface area contributed by atoms with Crippen LogP contribution in [0.15, 0.2) is 42.2 Å². The SMILES string of the molecule is Cc1cc2[n+](c(C)c1Nc1ncnc(Nc3ccc(C#N)cc3)n1)CC(C#N)=C2. The Morgan fingerprint density at radius 2 is 1.72 bits per heavy atom. The summed E-state index contributed by atoms with van der Waals surface area (Å²) in [7, 11) is 0. The van der Waals surface area contributed by atoms with Crippen molar-refractivity contribution in [2.45, 2.75) is 20.4 Å². The van der Waals surface area contributed by atoms with Crippen molar-refractivity contribution in [1.82, 2.24) is 15.0 Å². The number of hydrogen-bond acceptors (Lipinski definition) is 7. The van der Waals surface area contributed by atoms with Crippen LogP contribution in [0, 0.1) is 36.5 Å². The van der Waals surface area contributed by atoms with E-state index in [-0.39, 0.29) is 0 Å². The van der Waals surface area contributed by atoms with Crippen LogP contribution in [0.1, 0.15) is 22.5 Å². The van der Waals surface area contributed by atoms with Gasteiger partial charge in [-0.25, -0.2) is 9.97 Å². The molecular formula is C21H17N8+. The molecule has 1 aromatic carbocycles. The summed E-state index contributed by atoms with van der Waals surface area (Å²) in [6.07, 6.45) is 3.34. The molecule has 0 saturated carbocycles. The van der Waals surface area contributed by atoms with Crippen LogP contribution in [0.25, 0.3) is 6.08 Å². The summed E-state index contributed by atoms with van der Waals surface area (Å²) in [5, 5.41) is 24.5. The zero-order valence-corrected chi connectivity index (χ0v) is 15.9. The van der Waals surface area contributed by atoms with Gasteiger partial charge in [0.15, 0.2) is 6.54 Å². The number of aryl methyl sites for hydroxylation is 1. The third kappa shape index (κ3) is 3.60. The van der Waals surface area contributed by atoms with Gasteiger partial charge in [-0.15, -0.1) is 0 Å². The summed E-state index contributed by atoms with van der Waals surface area (Å²) in [5.74, 6) is 0.805. The first kappa shape index (κ1) is 18.1. The van der Waals surface area contributed by atoms with E-state index in [4.69, 9.17) is 5.26 Å². The van der Waals surface area contributed by atoms with E-state index in [0.717, 1.165) is 33.9 Å². The standard InChI is InChI=1S/C21H17N8/c1-13-7-18-8-16(10-23)11-29(18)14(2)19(13)27-21-25-12-24-20(28-21)26-17-5-3-15(9-22)4-6-17/h3-8,12H,11H2,1-2H3,(H2,24,25,26,27,28)/q+1. The summed E-state index contributed by atoms with van der Waals surface area (Å²) < 4.78 is 2.09. The van der Waals surface area contributed by atoms with E-state index in [2.05, 4.69) is 42.3 Å². The molecule has 0 amide bonds. The zero-order chi connectivity index (χ0) is 20.4. The second kappa shape index (κ2) is 7.37. The first-order chi connectivity index (χ1) is 14.1. The molecule has 1 aliphatic heterocycles. The Morgan fingerprint density at radius 1 is 1.00 bits per heavy atom. The third-order valence-corrected chi connectivity index (χ3v) is 4.71. The van der Waals surface area contributed by atoms with Gasteiger partial charge in [0.2, 0.25) is 23.3 Å². The number of nitrogens with zero attached hydrogens (tertiary/aromatic N) is 6. The maximum absolute atomic E-state index is 9.19. The third-order valence-electron chi connectivity index (χ3n) is 4.71. The Balaban J connectivity index is 1.58. The molecule has 2 aromatic heterocycles. The molecule has 3 heterocycles. The number of hydrogen-bond donors (Lipinski definition) is 2. The van der Waals surface area contributed by atoms with E-state index in [1.165, 1.54) is 6.33 Å². The lowest BCUT2D eigenvalue weighted by Crippen LogP contribution is -2.38. The number of pyridine rings is 1. The maximum atomic E-state index is 9.19. The van der Waals surface area contributed by atoms with E-state index in [9.17, 15) is 5.26 Å². The van der Waals surface area contributed by atoms with Crippen molar-refractivity contribution in [3.05, 3.63) is 64.7 Å².